The fourth-order valence-electron chi connectivity index (χ4n) is 2.67. The Bertz CT molecular complexity index is 269. The molecule has 2 aliphatic carbocycles. The summed E-state index contributed by atoms with van der Waals surface area (Å²) in [6, 6.07) is 0. The Balaban J connectivity index is 2.04. The fraction of sp³-hybridized carbons (Fsp3) is 0.692. The van der Waals surface area contributed by atoms with E-state index in [-0.39, 0.29) is 0 Å². The van der Waals surface area contributed by atoms with Crippen molar-refractivity contribution in [3.63, 3.8) is 0 Å². The minimum Gasteiger partial charge on any atom is -0.120 e. The van der Waals surface area contributed by atoms with Crippen molar-refractivity contribution in [1.82, 2.24) is 0 Å². The van der Waals surface area contributed by atoms with E-state index in [2.05, 4.69) is 17.8 Å². The molecule has 0 aliphatic heterocycles. The van der Waals surface area contributed by atoms with Crippen LogP contribution in [0, 0.1) is 41.9 Å². The quantitative estimate of drug-likeness (QED) is 0.533. The second-order valence-electron chi connectivity index (χ2n) is 4.19. The number of hydrogen-bond acceptors (Lipinski definition) is 0. The third-order valence-electron chi connectivity index (χ3n) is 3.42. The fourth-order valence-corrected chi connectivity index (χ4v) is 2.67. The maximum absolute atomic E-state index is 5.56. The standard InChI is InChI=1S/C13H16/c1-2-11-7-5-6-10-13(11)12-8-3-4-9-12/h1,11-13H,3,5-8,10H2. The van der Waals surface area contributed by atoms with Crippen LogP contribution >= 0.6 is 0 Å². The smallest absolute Gasteiger partial charge is 0.0251 e. The molecule has 0 spiro atoms. The van der Waals surface area contributed by atoms with Crippen molar-refractivity contribution < 1.29 is 0 Å². The summed E-state index contributed by atoms with van der Waals surface area (Å²) in [6.07, 6.45) is 13.1. The van der Waals surface area contributed by atoms with Crippen molar-refractivity contribution in [1.29, 1.82) is 0 Å². The van der Waals surface area contributed by atoms with Gasteiger partial charge in [0.1, 0.15) is 0 Å². The third kappa shape index (κ3) is 1.73. The highest BCUT2D eigenvalue weighted by Crippen LogP contribution is 2.37. The number of rotatable bonds is 1. The van der Waals surface area contributed by atoms with E-state index in [4.69, 9.17) is 6.42 Å². The minimum absolute atomic E-state index is 0.520. The molecule has 0 radical (unpaired) electrons. The molecular weight excluding hydrogens is 156 g/mol. The Morgan fingerprint density at radius 3 is 2.69 bits per heavy atom. The van der Waals surface area contributed by atoms with Gasteiger partial charge < -0.3 is 0 Å². The van der Waals surface area contributed by atoms with Crippen LogP contribution in [0.3, 0.4) is 0 Å². The van der Waals surface area contributed by atoms with Gasteiger partial charge in [0.05, 0.1) is 0 Å². The Morgan fingerprint density at radius 2 is 2.00 bits per heavy atom. The second-order valence-corrected chi connectivity index (χ2v) is 4.19. The Morgan fingerprint density at radius 1 is 1.15 bits per heavy atom. The Labute approximate surface area is 81.1 Å². The molecule has 0 bridgehead atoms. The van der Waals surface area contributed by atoms with E-state index in [1.165, 1.54) is 32.1 Å². The average Bonchev–Trinajstić information content (AvgIpc) is 2.70. The van der Waals surface area contributed by atoms with Crippen LogP contribution in [0.25, 0.3) is 0 Å². The first-order chi connectivity index (χ1) is 6.42. The predicted octanol–water partition coefficient (Wildman–Crippen LogP) is 2.84. The molecule has 3 unspecified atom stereocenters. The zero-order chi connectivity index (χ0) is 9.10. The Hall–Kier alpha value is -0.880. The molecule has 2 aliphatic rings. The van der Waals surface area contributed by atoms with Crippen molar-refractivity contribution in [3.8, 4) is 24.2 Å². The van der Waals surface area contributed by atoms with Crippen LogP contribution in [0.15, 0.2) is 0 Å². The van der Waals surface area contributed by atoms with E-state index in [0.29, 0.717) is 17.8 Å². The maximum atomic E-state index is 5.56. The number of hydrogen-bond donors (Lipinski definition) is 0. The topological polar surface area (TPSA) is 0 Å². The van der Waals surface area contributed by atoms with E-state index >= 15 is 0 Å². The van der Waals surface area contributed by atoms with Gasteiger partial charge in [0.2, 0.25) is 0 Å². The zero-order valence-electron chi connectivity index (χ0n) is 8.05. The molecule has 1 saturated carbocycles. The normalized spacial score (nSPS) is 37.6. The highest BCUT2D eigenvalue weighted by atomic mass is 14.3. The maximum Gasteiger partial charge on any atom is 0.0251 e. The van der Waals surface area contributed by atoms with E-state index in [1.54, 1.807) is 0 Å². The molecule has 0 aromatic rings. The first-order valence-corrected chi connectivity index (χ1v) is 5.36. The summed E-state index contributed by atoms with van der Waals surface area (Å²) in [5.74, 6) is 11.4. The summed E-state index contributed by atoms with van der Waals surface area (Å²) < 4.78 is 0. The molecule has 0 aromatic carbocycles. The summed E-state index contributed by atoms with van der Waals surface area (Å²) in [4.78, 5) is 0. The van der Waals surface area contributed by atoms with Crippen LogP contribution in [-0.4, -0.2) is 0 Å². The lowest BCUT2D eigenvalue weighted by molar-refractivity contribution is 0.234. The lowest BCUT2D eigenvalue weighted by atomic mass is 9.72. The second kappa shape index (κ2) is 3.89. The van der Waals surface area contributed by atoms with Gasteiger partial charge in [-0.15, -0.1) is 18.3 Å². The summed E-state index contributed by atoms with van der Waals surface area (Å²) in [6.45, 7) is 0. The van der Waals surface area contributed by atoms with Gasteiger partial charge in [0, 0.05) is 18.3 Å². The zero-order valence-corrected chi connectivity index (χ0v) is 8.05. The van der Waals surface area contributed by atoms with Gasteiger partial charge in [0.25, 0.3) is 0 Å². The summed E-state index contributed by atoms with van der Waals surface area (Å²) >= 11 is 0. The summed E-state index contributed by atoms with van der Waals surface area (Å²) in [5, 5.41) is 0. The molecule has 2 rings (SSSR count). The van der Waals surface area contributed by atoms with Gasteiger partial charge in [-0.05, 0) is 25.2 Å². The highest BCUT2D eigenvalue weighted by Gasteiger charge is 2.30. The van der Waals surface area contributed by atoms with Crippen LogP contribution < -0.4 is 0 Å². The van der Waals surface area contributed by atoms with Gasteiger partial charge in [-0.1, -0.05) is 18.8 Å². The molecule has 3 atom stereocenters. The van der Waals surface area contributed by atoms with Crippen LogP contribution in [0.4, 0.5) is 0 Å². The van der Waals surface area contributed by atoms with Crippen LogP contribution in [0.5, 0.6) is 0 Å². The molecule has 0 N–H and O–H groups in total. The van der Waals surface area contributed by atoms with Gasteiger partial charge in [-0.2, -0.15) is 0 Å². The lowest BCUT2D eigenvalue weighted by Crippen LogP contribution is -2.24. The Kier molecular flexibility index (Phi) is 2.60. The molecule has 0 heterocycles. The van der Waals surface area contributed by atoms with Crippen molar-refractivity contribution in [2.75, 3.05) is 0 Å². The first kappa shape index (κ1) is 8.71. The minimum atomic E-state index is 0.520. The van der Waals surface area contributed by atoms with Crippen molar-refractivity contribution in [2.24, 2.45) is 17.8 Å². The predicted molar refractivity (Wildman–Crippen MR) is 54.8 cm³/mol. The monoisotopic (exact) mass is 172 g/mol. The molecule has 13 heavy (non-hydrogen) atoms. The van der Waals surface area contributed by atoms with E-state index in [1.807, 2.05) is 0 Å². The van der Waals surface area contributed by atoms with Gasteiger partial charge in [0.15, 0.2) is 0 Å². The van der Waals surface area contributed by atoms with Gasteiger partial charge in [-0.25, -0.2) is 0 Å². The van der Waals surface area contributed by atoms with Crippen LogP contribution in [0.1, 0.15) is 38.5 Å². The van der Waals surface area contributed by atoms with Gasteiger partial charge in [-0.3, -0.25) is 0 Å². The van der Waals surface area contributed by atoms with Crippen molar-refractivity contribution in [3.05, 3.63) is 0 Å². The SMILES string of the molecule is C#CC1CCCCC1C1C#CCC1. The van der Waals surface area contributed by atoms with Crippen LogP contribution in [-0.2, 0) is 0 Å². The molecule has 68 valence electrons. The first-order valence-electron chi connectivity index (χ1n) is 5.36. The number of terminal acetylenes is 1. The molecule has 0 saturated heterocycles. The molecule has 0 amide bonds. The van der Waals surface area contributed by atoms with Gasteiger partial charge >= 0.3 is 0 Å². The van der Waals surface area contributed by atoms with E-state index in [9.17, 15) is 0 Å². The van der Waals surface area contributed by atoms with E-state index in [0.717, 1.165) is 6.42 Å². The molecule has 0 heteroatoms. The van der Waals surface area contributed by atoms with E-state index < -0.39 is 0 Å². The summed E-state index contributed by atoms with van der Waals surface area (Å²) in [7, 11) is 0. The van der Waals surface area contributed by atoms with Crippen LogP contribution in [0.2, 0.25) is 0 Å². The molecule has 0 aromatic heterocycles. The van der Waals surface area contributed by atoms with Crippen molar-refractivity contribution in [2.45, 2.75) is 38.5 Å². The molecule has 0 nitrogen and oxygen atoms in total. The highest BCUT2D eigenvalue weighted by molar-refractivity contribution is 5.15. The third-order valence-corrected chi connectivity index (χ3v) is 3.42. The molecule has 1 fully saturated rings. The largest absolute Gasteiger partial charge is 0.120 e. The summed E-state index contributed by atoms with van der Waals surface area (Å²) in [5.41, 5.74) is 0. The molecular formula is C13H16. The van der Waals surface area contributed by atoms with Crippen molar-refractivity contribution >= 4 is 0 Å². The lowest BCUT2D eigenvalue weighted by Gasteiger charge is -2.30. The average molecular weight is 172 g/mol.